The summed E-state index contributed by atoms with van der Waals surface area (Å²) < 4.78 is 9.51. The van der Waals surface area contributed by atoms with Crippen LogP contribution in [-0.2, 0) is 4.53 Å². The van der Waals surface area contributed by atoms with Crippen LogP contribution in [0.25, 0.3) is 0 Å². The molecule has 0 fully saturated rings. The van der Waals surface area contributed by atoms with Crippen molar-refractivity contribution in [1.29, 1.82) is 0 Å². The molecule has 0 unspecified atom stereocenters. The fourth-order valence-electron chi connectivity index (χ4n) is 1.76. The SMILES string of the molecule is CC(C)(C)[Si](C)(C)O[N]([Si](C)(C)C(C)(C)C)[Sn]([CH3])([CH3])[CH3]. The van der Waals surface area contributed by atoms with Crippen LogP contribution >= 0.6 is 0 Å². The molecule has 0 rings (SSSR count). The van der Waals surface area contributed by atoms with Crippen molar-refractivity contribution < 1.29 is 4.53 Å². The molecule has 0 saturated carbocycles. The van der Waals surface area contributed by atoms with E-state index >= 15 is 0 Å². The topological polar surface area (TPSA) is 12.5 Å². The molecule has 0 aliphatic carbocycles. The van der Waals surface area contributed by atoms with Gasteiger partial charge in [0.1, 0.15) is 0 Å². The van der Waals surface area contributed by atoms with Gasteiger partial charge in [-0.2, -0.15) is 0 Å². The van der Waals surface area contributed by atoms with Gasteiger partial charge in [0.25, 0.3) is 0 Å². The Balaban J connectivity index is 5.67. The van der Waals surface area contributed by atoms with Crippen LogP contribution in [-0.4, -0.2) is 38.2 Å². The Morgan fingerprint density at radius 2 is 1.10 bits per heavy atom. The van der Waals surface area contributed by atoms with E-state index in [1.807, 2.05) is 0 Å². The molecule has 0 atom stereocenters. The summed E-state index contributed by atoms with van der Waals surface area (Å²) in [5.74, 6) is 0. The monoisotopic (exact) mass is 425 g/mol. The van der Waals surface area contributed by atoms with Crippen molar-refractivity contribution in [2.75, 3.05) is 0 Å². The second-order valence-corrected chi connectivity index (χ2v) is 34.7. The molecule has 2 nitrogen and oxygen atoms in total. The van der Waals surface area contributed by atoms with Crippen LogP contribution in [0.3, 0.4) is 0 Å². The van der Waals surface area contributed by atoms with Gasteiger partial charge in [-0.3, -0.25) is 0 Å². The molecule has 5 heteroatoms. The molecule has 122 valence electrons. The molecule has 0 aromatic heterocycles. The van der Waals surface area contributed by atoms with Gasteiger partial charge in [-0.25, -0.2) is 0 Å². The van der Waals surface area contributed by atoms with Crippen LogP contribution in [0.5, 0.6) is 0 Å². The average molecular weight is 424 g/mol. The molecule has 20 heavy (non-hydrogen) atoms. The zero-order valence-electron chi connectivity index (χ0n) is 16.4. The Hall–Kier alpha value is 1.15. The molecular formula is C15H39NOSi2Sn. The molecule has 0 aromatic rings. The van der Waals surface area contributed by atoms with E-state index in [0.29, 0.717) is 5.04 Å². The van der Waals surface area contributed by atoms with Crippen molar-refractivity contribution in [2.45, 2.75) is 92.6 Å². The second-order valence-electron chi connectivity index (χ2n) is 10.1. The van der Waals surface area contributed by atoms with E-state index in [1.54, 1.807) is 0 Å². The number of hydrogen-bond donors (Lipinski definition) is 0. The minimum absolute atomic E-state index is 0.269. The normalized spacial score (nSPS) is 15.9. The third kappa shape index (κ3) is 4.83. The van der Waals surface area contributed by atoms with Gasteiger partial charge in [0, 0.05) is 0 Å². The fraction of sp³-hybridized carbons (Fsp3) is 1.00. The van der Waals surface area contributed by atoms with Crippen molar-refractivity contribution in [3.05, 3.63) is 0 Å². The first kappa shape index (κ1) is 21.2. The molecule has 0 bridgehead atoms. The minimum atomic E-state index is -2.31. The number of hydrogen-bond acceptors (Lipinski definition) is 2. The van der Waals surface area contributed by atoms with Gasteiger partial charge in [0.05, 0.1) is 0 Å². The number of nitrogens with zero attached hydrogens (tertiary/aromatic N) is 1. The van der Waals surface area contributed by atoms with Gasteiger partial charge >= 0.3 is 135 Å². The predicted molar refractivity (Wildman–Crippen MR) is 101 cm³/mol. The van der Waals surface area contributed by atoms with Crippen LogP contribution in [0.1, 0.15) is 41.5 Å². The van der Waals surface area contributed by atoms with E-state index in [9.17, 15) is 0 Å². The first-order valence-electron chi connectivity index (χ1n) is 7.83. The Morgan fingerprint density at radius 3 is 1.30 bits per heavy atom. The second kappa shape index (κ2) is 5.98. The number of rotatable bonds is 4. The molecule has 0 heterocycles. The van der Waals surface area contributed by atoms with Crippen LogP contribution in [0.15, 0.2) is 0 Å². The van der Waals surface area contributed by atoms with E-state index in [1.165, 1.54) is 0 Å². The summed E-state index contributed by atoms with van der Waals surface area (Å²) in [5.41, 5.74) is 0. The van der Waals surface area contributed by atoms with Gasteiger partial charge in [-0.15, -0.1) is 0 Å². The molecule has 0 N–H and O–H groups in total. The van der Waals surface area contributed by atoms with E-state index in [2.05, 4.69) is 85.5 Å². The Labute approximate surface area is 135 Å². The standard InChI is InChI=1S/C12H30NOSi2.3CH3.Sn/c1-11(2,3)15(7,8)13-14-16(9,10)12(4,5)6;;;;/h1-10H3;3*1H3;/q-1;;;;+1. The molecule has 0 aliphatic heterocycles. The zero-order chi connectivity index (χ0) is 16.8. The molecule has 0 radical (unpaired) electrons. The Kier molecular flexibility index (Phi) is 6.33. The molecule has 0 spiro atoms. The van der Waals surface area contributed by atoms with E-state index in [-0.39, 0.29) is 5.04 Å². The third-order valence-corrected chi connectivity index (χ3v) is 27.8. The molecule has 0 aliphatic rings. The van der Waals surface area contributed by atoms with Gasteiger partial charge in [0.2, 0.25) is 0 Å². The summed E-state index contributed by atoms with van der Waals surface area (Å²) >= 11 is -2.31. The van der Waals surface area contributed by atoms with Gasteiger partial charge < -0.3 is 0 Å². The van der Waals surface area contributed by atoms with Crippen molar-refractivity contribution in [3.8, 4) is 0 Å². The van der Waals surface area contributed by atoms with Crippen molar-refractivity contribution in [1.82, 2.24) is 2.95 Å². The van der Waals surface area contributed by atoms with Crippen LogP contribution in [0.2, 0.25) is 51.1 Å². The summed E-state index contributed by atoms with van der Waals surface area (Å²) in [6.45, 7) is 23.9. The van der Waals surface area contributed by atoms with Crippen molar-refractivity contribution in [2.24, 2.45) is 0 Å². The van der Waals surface area contributed by atoms with Crippen LogP contribution in [0, 0.1) is 0 Å². The average Bonchev–Trinajstić information content (AvgIpc) is 2.08. The quantitative estimate of drug-likeness (QED) is 0.402. The van der Waals surface area contributed by atoms with Gasteiger partial charge in [-0.1, -0.05) is 0 Å². The van der Waals surface area contributed by atoms with Crippen molar-refractivity contribution in [3.63, 3.8) is 0 Å². The van der Waals surface area contributed by atoms with E-state index in [4.69, 9.17) is 4.53 Å². The molecule has 0 aromatic carbocycles. The molecule has 0 amide bonds. The van der Waals surface area contributed by atoms with E-state index in [0.717, 1.165) is 0 Å². The van der Waals surface area contributed by atoms with E-state index < -0.39 is 35.2 Å². The summed E-state index contributed by atoms with van der Waals surface area (Å²) in [7, 11) is -3.37. The van der Waals surface area contributed by atoms with Gasteiger partial charge in [-0.05, 0) is 0 Å². The fourth-order valence-corrected chi connectivity index (χ4v) is 28.2. The maximum atomic E-state index is 6.89. The first-order valence-corrected chi connectivity index (χ1v) is 23.5. The summed E-state index contributed by atoms with van der Waals surface area (Å²) in [5, 5.41) is 0.601. The summed E-state index contributed by atoms with van der Waals surface area (Å²) in [6.07, 6.45) is 0. The Bertz CT molecular complexity index is 335. The van der Waals surface area contributed by atoms with Gasteiger partial charge in [0.15, 0.2) is 0 Å². The summed E-state index contributed by atoms with van der Waals surface area (Å²) in [4.78, 5) is 7.47. The van der Waals surface area contributed by atoms with Crippen LogP contribution in [0.4, 0.5) is 0 Å². The molecular weight excluding hydrogens is 385 g/mol. The van der Waals surface area contributed by atoms with Crippen molar-refractivity contribution >= 4 is 35.2 Å². The van der Waals surface area contributed by atoms with Crippen LogP contribution < -0.4 is 0 Å². The maximum absolute atomic E-state index is 6.89. The first-order chi connectivity index (χ1) is 8.34. The summed E-state index contributed by atoms with van der Waals surface area (Å²) in [6, 6.07) is 0. The predicted octanol–water partition coefficient (Wildman–Crippen LogP) is 6.07. The zero-order valence-corrected chi connectivity index (χ0v) is 21.2. The third-order valence-electron chi connectivity index (χ3n) is 5.08. The Morgan fingerprint density at radius 1 is 0.750 bits per heavy atom. The molecule has 0 saturated heterocycles.